The van der Waals surface area contributed by atoms with Crippen molar-refractivity contribution in [1.82, 2.24) is 0 Å². The molecular weight excluding hydrogens is 369 g/mol. The van der Waals surface area contributed by atoms with Gasteiger partial charge in [-0.1, -0.05) is 23.7 Å². The van der Waals surface area contributed by atoms with Crippen LogP contribution in [0.4, 0.5) is 4.39 Å². The minimum Gasteiger partial charge on any atom is -0.481 e. The minimum atomic E-state index is -3.97. The standard InChI is InChI=1S/C17H15ClFNO4S/c18-11-3-7-13(8-4-11)25(23,24)15-14(17(15,9-20)16(21)22)10-1-5-12(19)6-2-10/h1-8,14-15H,9,20H2,(H,21,22)/t14-,15-,17+/m0/s1. The Morgan fingerprint density at radius 2 is 1.72 bits per heavy atom. The lowest BCUT2D eigenvalue weighted by molar-refractivity contribution is -0.143. The second kappa shape index (κ2) is 6.09. The number of hydrogen-bond acceptors (Lipinski definition) is 4. The molecule has 1 aliphatic carbocycles. The molecular formula is C17H15ClFNO4S. The van der Waals surface area contributed by atoms with E-state index in [0.29, 0.717) is 10.6 Å². The molecule has 0 bridgehead atoms. The van der Waals surface area contributed by atoms with Crippen molar-refractivity contribution in [2.75, 3.05) is 6.54 Å². The molecule has 3 atom stereocenters. The average Bonchev–Trinajstić information content (AvgIpc) is 3.27. The van der Waals surface area contributed by atoms with E-state index in [2.05, 4.69) is 0 Å². The lowest BCUT2D eigenvalue weighted by Gasteiger charge is -2.10. The Bertz CT molecular complexity index is 915. The van der Waals surface area contributed by atoms with Gasteiger partial charge in [0.25, 0.3) is 0 Å². The number of hydrogen-bond donors (Lipinski definition) is 2. The Balaban J connectivity index is 2.10. The number of halogens is 2. The average molecular weight is 384 g/mol. The Morgan fingerprint density at radius 1 is 1.16 bits per heavy atom. The normalized spacial score (nSPS) is 25.6. The fraction of sp³-hybridized carbons (Fsp3) is 0.235. The van der Waals surface area contributed by atoms with Crippen molar-refractivity contribution in [1.29, 1.82) is 0 Å². The van der Waals surface area contributed by atoms with Crippen molar-refractivity contribution in [2.24, 2.45) is 11.1 Å². The van der Waals surface area contributed by atoms with E-state index in [1.165, 1.54) is 48.5 Å². The smallest absolute Gasteiger partial charge is 0.312 e. The van der Waals surface area contributed by atoms with Crippen LogP contribution in [0.1, 0.15) is 11.5 Å². The van der Waals surface area contributed by atoms with Crippen LogP contribution in [-0.4, -0.2) is 31.3 Å². The highest BCUT2D eigenvalue weighted by atomic mass is 35.5. The number of carboxylic acids is 1. The second-order valence-electron chi connectivity index (χ2n) is 6.00. The molecule has 2 aromatic rings. The first kappa shape index (κ1) is 17.8. The van der Waals surface area contributed by atoms with Crippen molar-refractivity contribution < 1.29 is 22.7 Å². The maximum absolute atomic E-state index is 13.2. The highest BCUT2D eigenvalue weighted by Crippen LogP contribution is 2.63. The SMILES string of the molecule is NC[C@@]1(C(=O)O)[C@@H](c2ccc(F)cc2)[C@@H]1S(=O)(=O)c1ccc(Cl)cc1. The number of nitrogens with two attached hydrogens (primary N) is 1. The second-order valence-corrected chi connectivity index (χ2v) is 8.50. The van der Waals surface area contributed by atoms with Crippen LogP contribution in [0.5, 0.6) is 0 Å². The number of carboxylic acid groups (broad SMARTS) is 1. The van der Waals surface area contributed by atoms with Crippen LogP contribution in [0.2, 0.25) is 5.02 Å². The monoisotopic (exact) mass is 383 g/mol. The molecule has 0 spiro atoms. The molecule has 3 rings (SSSR count). The van der Waals surface area contributed by atoms with Gasteiger partial charge in [-0.05, 0) is 42.0 Å². The first-order chi connectivity index (χ1) is 11.7. The van der Waals surface area contributed by atoms with Crippen molar-refractivity contribution in [3.8, 4) is 0 Å². The molecule has 0 aliphatic heterocycles. The lowest BCUT2D eigenvalue weighted by atomic mass is 9.99. The maximum Gasteiger partial charge on any atom is 0.312 e. The third-order valence-corrected chi connectivity index (χ3v) is 7.24. The summed E-state index contributed by atoms with van der Waals surface area (Å²) < 4.78 is 39.2. The van der Waals surface area contributed by atoms with E-state index in [1.54, 1.807) is 0 Å². The van der Waals surface area contributed by atoms with Gasteiger partial charge in [-0.25, -0.2) is 12.8 Å². The van der Waals surface area contributed by atoms with Crippen molar-refractivity contribution in [2.45, 2.75) is 16.1 Å². The molecule has 0 saturated heterocycles. The van der Waals surface area contributed by atoms with Crippen molar-refractivity contribution in [3.05, 3.63) is 64.9 Å². The van der Waals surface area contributed by atoms with E-state index < -0.39 is 38.2 Å². The summed E-state index contributed by atoms with van der Waals surface area (Å²) in [5, 5.41) is 8.82. The molecule has 3 N–H and O–H groups in total. The summed E-state index contributed by atoms with van der Waals surface area (Å²) in [6, 6.07) is 10.6. The fourth-order valence-electron chi connectivity index (χ4n) is 3.36. The highest BCUT2D eigenvalue weighted by molar-refractivity contribution is 7.92. The topological polar surface area (TPSA) is 97.5 Å². The van der Waals surface area contributed by atoms with Crippen molar-refractivity contribution >= 4 is 27.4 Å². The van der Waals surface area contributed by atoms with Gasteiger partial charge in [0, 0.05) is 17.5 Å². The van der Waals surface area contributed by atoms with Gasteiger partial charge in [0.15, 0.2) is 9.84 Å². The summed E-state index contributed by atoms with van der Waals surface area (Å²) in [5.74, 6) is -2.63. The third-order valence-electron chi connectivity index (χ3n) is 4.70. The van der Waals surface area contributed by atoms with E-state index in [0.717, 1.165) is 0 Å². The molecule has 2 aromatic carbocycles. The van der Waals surface area contributed by atoms with Crippen LogP contribution in [0.3, 0.4) is 0 Å². The predicted octanol–water partition coefficient (Wildman–Crippen LogP) is 2.45. The van der Waals surface area contributed by atoms with E-state index in [1.807, 2.05) is 0 Å². The molecule has 5 nitrogen and oxygen atoms in total. The van der Waals surface area contributed by atoms with Gasteiger partial charge >= 0.3 is 5.97 Å². The zero-order valence-electron chi connectivity index (χ0n) is 12.9. The van der Waals surface area contributed by atoms with Crippen LogP contribution in [0, 0.1) is 11.2 Å². The Hall–Kier alpha value is -1.96. The Labute approximate surface area is 149 Å². The zero-order chi connectivity index (χ0) is 18.4. The molecule has 1 fully saturated rings. The largest absolute Gasteiger partial charge is 0.481 e. The first-order valence-electron chi connectivity index (χ1n) is 7.43. The molecule has 0 amide bonds. The van der Waals surface area contributed by atoms with Crippen LogP contribution in [0.25, 0.3) is 0 Å². The molecule has 25 heavy (non-hydrogen) atoms. The summed E-state index contributed by atoms with van der Waals surface area (Å²) in [7, 11) is -3.97. The van der Waals surface area contributed by atoms with Crippen LogP contribution < -0.4 is 5.73 Å². The number of carbonyl (C=O) groups is 1. The van der Waals surface area contributed by atoms with Gasteiger partial charge in [-0.15, -0.1) is 0 Å². The van der Waals surface area contributed by atoms with Crippen LogP contribution in [-0.2, 0) is 14.6 Å². The van der Waals surface area contributed by atoms with Gasteiger partial charge in [0.2, 0.25) is 0 Å². The first-order valence-corrected chi connectivity index (χ1v) is 9.36. The minimum absolute atomic E-state index is 0.0226. The summed E-state index contributed by atoms with van der Waals surface area (Å²) in [6.45, 7) is -0.345. The lowest BCUT2D eigenvalue weighted by Crippen LogP contribution is -2.31. The molecule has 1 saturated carbocycles. The van der Waals surface area contributed by atoms with E-state index >= 15 is 0 Å². The summed E-state index contributed by atoms with van der Waals surface area (Å²) >= 11 is 5.79. The molecule has 0 heterocycles. The van der Waals surface area contributed by atoms with Gasteiger partial charge < -0.3 is 10.8 Å². The number of rotatable bonds is 5. The molecule has 0 aromatic heterocycles. The van der Waals surface area contributed by atoms with Gasteiger partial charge in [-0.3, -0.25) is 4.79 Å². The van der Waals surface area contributed by atoms with Crippen LogP contribution in [0.15, 0.2) is 53.4 Å². The molecule has 1 aliphatic rings. The Kier molecular flexibility index (Phi) is 4.35. The molecule has 132 valence electrons. The maximum atomic E-state index is 13.2. The molecule has 8 heteroatoms. The quantitative estimate of drug-likeness (QED) is 0.826. The number of benzene rings is 2. The summed E-state index contributed by atoms with van der Waals surface area (Å²) in [4.78, 5) is 11.8. The highest BCUT2D eigenvalue weighted by Gasteiger charge is 2.75. The zero-order valence-corrected chi connectivity index (χ0v) is 14.5. The van der Waals surface area contributed by atoms with Gasteiger partial charge in [-0.2, -0.15) is 0 Å². The Morgan fingerprint density at radius 3 is 2.20 bits per heavy atom. The van der Waals surface area contributed by atoms with E-state index in [4.69, 9.17) is 17.3 Å². The summed E-state index contributed by atoms with van der Waals surface area (Å²) in [5.41, 5.74) is 4.46. The summed E-state index contributed by atoms with van der Waals surface area (Å²) in [6.07, 6.45) is 0. The number of sulfone groups is 1. The number of aliphatic carboxylic acids is 1. The third kappa shape index (κ3) is 2.72. The fourth-order valence-corrected chi connectivity index (χ4v) is 5.87. The van der Waals surface area contributed by atoms with Crippen LogP contribution >= 0.6 is 11.6 Å². The molecule has 0 unspecified atom stereocenters. The van der Waals surface area contributed by atoms with E-state index in [9.17, 15) is 22.7 Å². The predicted molar refractivity (Wildman–Crippen MR) is 90.7 cm³/mol. The van der Waals surface area contributed by atoms with Crippen molar-refractivity contribution in [3.63, 3.8) is 0 Å². The van der Waals surface area contributed by atoms with Gasteiger partial charge in [0.05, 0.1) is 10.1 Å². The van der Waals surface area contributed by atoms with E-state index in [-0.39, 0.29) is 11.4 Å². The van der Waals surface area contributed by atoms with Gasteiger partial charge in [0.1, 0.15) is 11.2 Å². The molecule has 0 radical (unpaired) electrons.